The van der Waals surface area contributed by atoms with Crippen LogP contribution in [0.25, 0.3) is 0 Å². The molecule has 0 heterocycles. The smallest absolute Gasteiger partial charge is 0.264 e. The molecule has 0 spiro atoms. The lowest BCUT2D eigenvalue weighted by atomic mass is 9.80. The van der Waals surface area contributed by atoms with E-state index in [1.807, 2.05) is 44.2 Å². The van der Waals surface area contributed by atoms with Crippen molar-refractivity contribution in [1.29, 1.82) is 0 Å². The molecule has 0 unspecified atom stereocenters. The minimum Gasteiger partial charge on any atom is -0.271 e. The zero-order chi connectivity index (χ0) is 24.8. The Morgan fingerprint density at radius 3 is 2.09 bits per heavy atom. The van der Waals surface area contributed by atoms with Crippen LogP contribution in [0, 0.1) is 6.92 Å². The summed E-state index contributed by atoms with van der Waals surface area (Å²) >= 11 is 0. The average Bonchev–Trinajstić information content (AvgIpc) is 2.82. The standard InChI is InChI=1S/C27H31N3O3S/c1-21-13-11-12-18-25(21)30(34(32,33)24-16-9-6-10-17-24)20-26(31)29-28-22(2)19-27(3,4)23-14-7-5-8-15-23/h5-18H,19-20H2,1-4H3,(H,29,31)/b28-22-. The van der Waals surface area contributed by atoms with E-state index in [0.717, 1.165) is 15.6 Å². The highest BCUT2D eigenvalue weighted by Gasteiger charge is 2.28. The molecule has 7 heteroatoms. The van der Waals surface area contributed by atoms with Crippen LogP contribution in [-0.2, 0) is 20.2 Å². The summed E-state index contributed by atoms with van der Waals surface area (Å²) < 4.78 is 28.0. The predicted molar refractivity (Wildman–Crippen MR) is 137 cm³/mol. The van der Waals surface area contributed by atoms with E-state index >= 15 is 0 Å². The Labute approximate surface area is 202 Å². The highest BCUT2D eigenvalue weighted by molar-refractivity contribution is 7.92. The highest BCUT2D eigenvalue weighted by Crippen LogP contribution is 2.28. The quantitative estimate of drug-likeness (QED) is 0.346. The molecule has 34 heavy (non-hydrogen) atoms. The summed E-state index contributed by atoms with van der Waals surface area (Å²) in [4.78, 5) is 13.0. The number of sulfonamides is 1. The van der Waals surface area contributed by atoms with E-state index in [1.165, 1.54) is 17.7 Å². The third kappa shape index (κ3) is 6.11. The number of carbonyl (C=O) groups excluding carboxylic acids is 1. The number of benzene rings is 3. The first-order valence-electron chi connectivity index (χ1n) is 11.1. The number of amides is 1. The number of hydrazone groups is 1. The van der Waals surface area contributed by atoms with Gasteiger partial charge in [0.15, 0.2) is 0 Å². The molecule has 1 N–H and O–H groups in total. The van der Waals surface area contributed by atoms with Gasteiger partial charge < -0.3 is 0 Å². The second-order valence-corrected chi connectivity index (χ2v) is 10.8. The Kier molecular flexibility index (Phi) is 7.89. The summed E-state index contributed by atoms with van der Waals surface area (Å²) in [5.74, 6) is -0.514. The first kappa shape index (κ1) is 25.2. The van der Waals surface area contributed by atoms with Gasteiger partial charge in [0.25, 0.3) is 15.9 Å². The van der Waals surface area contributed by atoms with Gasteiger partial charge in [-0.25, -0.2) is 13.8 Å². The van der Waals surface area contributed by atoms with Gasteiger partial charge in [-0.1, -0.05) is 80.6 Å². The predicted octanol–water partition coefficient (Wildman–Crippen LogP) is 5.05. The Balaban J connectivity index is 1.79. The molecular weight excluding hydrogens is 446 g/mol. The van der Waals surface area contributed by atoms with Gasteiger partial charge in [0.2, 0.25) is 0 Å². The Hall–Kier alpha value is -3.45. The van der Waals surface area contributed by atoms with Gasteiger partial charge >= 0.3 is 0 Å². The van der Waals surface area contributed by atoms with Crippen LogP contribution in [0.2, 0.25) is 0 Å². The molecule has 0 aliphatic carbocycles. The van der Waals surface area contributed by atoms with Crippen molar-refractivity contribution in [3.8, 4) is 0 Å². The van der Waals surface area contributed by atoms with Crippen molar-refractivity contribution in [2.75, 3.05) is 10.8 Å². The molecule has 0 saturated heterocycles. The van der Waals surface area contributed by atoms with Crippen LogP contribution >= 0.6 is 0 Å². The van der Waals surface area contributed by atoms with Gasteiger partial charge in [-0.05, 0) is 55.0 Å². The molecule has 0 fully saturated rings. The van der Waals surface area contributed by atoms with Crippen molar-refractivity contribution in [2.45, 2.75) is 44.4 Å². The number of hydrogen-bond donors (Lipinski definition) is 1. The maximum absolute atomic E-state index is 13.4. The second-order valence-electron chi connectivity index (χ2n) is 8.92. The van der Waals surface area contributed by atoms with Crippen LogP contribution in [0.1, 0.15) is 38.3 Å². The molecule has 0 bridgehead atoms. The molecule has 6 nitrogen and oxygen atoms in total. The van der Waals surface area contributed by atoms with Crippen LogP contribution in [0.3, 0.4) is 0 Å². The van der Waals surface area contributed by atoms with Gasteiger partial charge in [0.05, 0.1) is 10.6 Å². The summed E-state index contributed by atoms with van der Waals surface area (Å²) in [5, 5.41) is 4.25. The van der Waals surface area contributed by atoms with Gasteiger partial charge in [0, 0.05) is 5.71 Å². The fourth-order valence-electron chi connectivity index (χ4n) is 3.86. The Bertz CT molecular complexity index is 1250. The fraction of sp³-hybridized carbons (Fsp3) is 0.259. The topological polar surface area (TPSA) is 78.8 Å². The molecule has 0 aliphatic heterocycles. The molecule has 0 atom stereocenters. The first-order valence-corrected chi connectivity index (χ1v) is 12.6. The summed E-state index contributed by atoms with van der Waals surface area (Å²) in [6, 6.07) is 25.3. The number of anilines is 1. The number of nitrogens with zero attached hydrogens (tertiary/aromatic N) is 2. The third-order valence-electron chi connectivity index (χ3n) is 5.63. The minimum absolute atomic E-state index is 0.121. The van der Waals surface area contributed by atoms with Crippen LogP contribution < -0.4 is 9.73 Å². The Morgan fingerprint density at radius 1 is 0.912 bits per heavy atom. The Morgan fingerprint density at radius 2 is 1.47 bits per heavy atom. The van der Waals surface area contributed by atoms with Crippen molar-refractivity contribution in [3.05, 3.63) is 96.1 Å². The lowest BCUT2D eigenvalue weighted by molar-refractivity contribution is -0.119. The van der Waals surface area contributed by atoms with Crippen molar-refractivity contribution in [1.82, 2.24) is 5.43 Å². The zero-order valence-electron chi connectivity index (χ0n) is 20.0. The molecule has 3 aromatic carbocycles. The van der Waals surface area contributed by atoms with E-state index in [0.29, 0.717) is 12.1 Å². The molecule has 3 aromatic rings. The molecule has 0 radical (unpaired) electrons. The van der Waals surface area contributed by atoms with E-state index < -0.39 is 15.9 Å². The largest absolute Gasteiger partial charge is 0.271 e. The summed E-state index contributed by atoms with van der Waals surface area (Å²) in [5.41, 5.74) is 5.50. The number of nitrogens with one attached hydrogen (secondary N) is 1. The van der Waals surface area contributed by atoms with E-state index in [2.05, 4.69) is 36.5 Å². The van der Waals surface area contributed by atoms with E-state index in [9.17, 15) is 13.2 Å². The molecular formula is C27H31N3O3S. The SMILES string of the molecule is C/C(CC(C)(C)c1ccccc1)=N/NC(=O)CN(c1ccccc1C)S(=O)(=O)c1ccccc1. The maximum atomic E-state index is 13.4. The fourth-order valence-corrected chi connectivity index (χ4v) is 5.36. The molecule has 3 rings (SSSR count). The first-order chi connectivity index (χ1) is 16.1. The van der Waals surface area contributed by atoms with Crippen LogP contribution in [0.4, 0.5) is 5.69 Å². The highest BCUT2D eigenvalue weighted by atomic mass is 32.2. The number of aryl methyl sites for hydroxylation is 1. The van der Waals surface area contributed by atoms with Gasteiger partial charge in [-0.2, -0.15) is 5.10 Å². The van der Waals surface area contributed by atoms with Crippen molar-refractivity contribution < 1.29 is 13.2 Å². The molecule has 178 valence electrons. The average molecular weight is 478 g/mol. The number of para-hydroxylation sites is 1. The van der Waals surface area contributed by atoms with Crippen LogP contribution in [0.15, 0.2) is 94.9 Å². The molecule has 0 aliphatic rings. The molecule has 1 amide bonds. The van der Waals surface area contributed by atoms with E-state index in [-0.39, 0.29) is 16.9 Å². The van der Waals surface area contributed by atoms with Gasteiger partial charge in [-0.3, -0.25) is 9.10 Å². The van der Waals surface area contributed by atoms with Gasteiger partial charge in [0.1, 0.15) is 6.54 Å². The molecule has 0 saturated carbocycles. The van der Waals surface area contributed by atoms with E-state index in [1.54, 1.807) is 30.3 Å². The van der Waals surface area contributed by atoms with Crippen molar-refractivity contribution in [3.63, 3.8) is 0 Å². The van der Waals surface area contributed by atoms with Gasteiger partial charge in [-0.15, -0.1) is 0 Å². The van der Waals surface area contributed by atoms with Crippen molar-refractivity contribution in [2.24, 2.45) is 5.10 Å². The lowest BCUT2D eigenvalue weighted by Crippen LogP contribution is -2.40. The monoisotopic (exact) mass is 477 g/mol. The molecule has 0 aromatic heterocycles. The normalized spacial score (nSPS) is 12.3. The second kappa shape index (κ2) is 10.7. The van der Waals surface area contributed by atoms with Crippen molar-refractivity contribution >= 4 is 27.3 Å². The number of carbonyl (C=O) groups is 1. The third-order valence-corrected chi connectivity index (χ3v) is 7.40. The summed E-state index contributed by atoms with van der Waals surface area (Å²) in [7, 11) is -3.95. The van der Waals surface area contributed by atoms with Crippen LogP contribution in [0.5, 0.6) is 0 Å². The zero-order valence-corrected chi connectivity index (χ0v) is 20.8. The van der Waals surface area contributed by atoms with Crippen LogP contribution in [-0.4, -0.2) is 26.6 Å². The summed E-state index contributed by atoms with van der Waals surface area (Å²) in [6.45, 7) is 7.52. The summed E-state index contributed by atoms with van der Waals surface area (Å²) in [6.07, 6.45) is 0.640. The number of hydrogen-bond acceptors (Lipinski definition) is 4. The lowest BCUT2D eigenvalue weighted by Gasteiger charge is -2.26. The maximum Gasteiger partial charge on any atom is 0.264 e. The van der Waals surface area contributed by atoms with E-state index in [4.69, 9.17) is 0 Å². The number of rotatable bonds is 9. The minimum atomic E-state index is -3.95.